The molecule has 0 spiro atoms. The van der Waals surface area contributed by atoms with Crippen LogP contribution in [0.15, 0.2) is 33.2 Å². The monoisotopic (exact) mass is 296 g/mol. The highest BCUT2D eigenvalue weighted by molar-refractivity contribution is 5.57. The lowest BCUT2D eigenvalue weighted by Gasteiger charge is -2.08. The summed E-state index contributed by atoms with van der Waals surface area (Å²) in [7, 11) is 1.38. The van der Waals surface area contributed by atoms with E-state index in [-0.39, 0.29) is 17.1 Å². The van der Waals surface area contributed by atoms with Gasteiger partial charge < -0.3 is 5.11 Å². The number of aryl methyl sites for hydroxylation is 2. The quantitative estimate of drug-likeness (QED) is 0.862. The molecule has 2 aromatic rings. The summed E-state index contributed by atoms with van der Waals surface area (Å²) in [4.78, 5) is 12.2. The second-order valence-electron chi connectivity index (χ2n) is 5.09. The summed E-state index contributed by atoms with van der Waals surface area (Å²) in [6.45, 7) is 5.38. The van der Waals surface area contributed by atoms with E-state index in [1.807, 2.05) is 38.1 Å². The average Bonchev–Trinajstić information content (AvgIpc) is 2.48. The number of aromatic hydroxyl groups is 1. The molecule has 112 valence electrons. The first-order valence-corrected chi connectivity index (χ1v) is 6.69. The lowest BCUT2D eigenvalue weighted by atomic mass is 10.1. The van der Waals surface area contributed by atoms with Crippen LogP contribution < -0.4 is 5.56 Å². The maximum absolute atomic E-state index is 12.2. The third-order valence-corrected chi connectivity index (χ3v) is 3.58. The second-order valence-corrected chi connectivity index (χ2v) is 5.09. The minimum absolute atomic E-state index is 0.0255. The lowest BCUT2D eigenvalue weighted by Crippen LogP contribution is -2.18. The minimum atomic E-state index is -0.496. The third-order valence-electron chi connectivity index (χ3n) is 3.58. The molecule has 0 fully saturated rings. The molecule has 0 atom stereocenters. The summed E-state index contributed by atoms with van der Waals surface area (Å²) < 4.78 is 0.991. The zero-order chi connectivity index (χ0) is 16.4. The SMILES string of the molecule is Cc1cccc(C)c1N=Nc1c(C)c(C#N)c(O)n(C)c1=O. The Morgan fingerprint density at radius 2 is 1.68 bits per heavy atom. The number of aromatic nitrogens is 1. The number of pyridine rings is 1. The first kappa shape index (κ1) is 15.4. The van der Waals surface area contributed by atoms with Crippen molar-refractivity contribution in [2.45, 2.75) is 20.8 Å². The van der Waals surface area contributed by atoms with Crippen molar-refractivity contribution in [3.8, 4) is 11.9 Å². The maximum Gasteiger partial charge on any atom is 0.281 e. The fourth-order valence-corrected chi connectivity index (χ4v) is 2.18. The van der Waals surface area contributed by atoms with Crippen LogP contribution in [-0.2, 0) is 7.05 Å². The second kappa shape index (κ2) is 5.82. The summed E-state index contributed by atoms with van der Waals surface area (Å²) in [6.07, 6.45) is 0. The van der Waals surface area contributed by atoms with E-state index < -0.39 is 5.56 Å². The highest BCUT2D eigenvalue weighted by Crippen LogP contribution is 2.28. The van der Waals surface area contributed by atoms with Crippen molar-refractivity contribution in [2.24, 2.45) is 17.3 Å². The van der Waals surface area contributed by atoms with Gasteiger partial charge in [-0.25, -0.2) is 0 Å². The molecule has 1 aromatic carbocycles. The molecular weight excluding hydrogens is 280 g/mol. The number of nitrogens with zero attached hydrogens (tertiary/aromatic N) is 4. The highest BCUT2D eigenvalue weighted by Gasteiger charge is 2.17. The number of hydrogen-bond donors (Lipinski definition) is 1. The zero-order valence-corrected chi connectivity index (χ0v) is 12.9. The van der Waals surface area contributed by atoms with Gasteiger partial charge in [0.05, 0.1) is 5.69 Å². The zero-order valence-electron chi connectivity index (χ0n) is 12.9. The van der Waals surface area contributed by atoms with E-state index in [2.05, 4.69) is 10.2 Å². The minimum Gasteiger partial charge on any atom is -0.493 e. The van der Waals surface area contributed by atoms with Gasteiger partial charge in [0.2, 0.25) is 5.88 Å². The largest absolute Gasteiger partial charge is 0.493 e. The molecule has 0 radical (unpaired) electrons. The Morgan fingerprint density at radius 1 is 1.14 bits per heavy atom. The number of benzene rings is 1. The van der Waals surface area contributed by atoms with Crippen molar-refractivity contribution in [1.29, 1.82) is 5.26 Å². The van der Waals surface area contributed by atoms with Gasteiger partial charge in [-0.2, -0.15) is 5.26 Å². The Hall–Kier alpha value is -2.94. The molecule has 1 N–H and O–H groups in total. The van der Waals surface area contributed by atoms with E-state index >= 15 is 0 Å². The Bertz CT molecular complexity index is 853. The van der Waals surface area contributed by atoms with E-state index in [4.69, 9.17) is 5.26 Å². The summed E-state index contributed by atoms with van der Waals surface area (Å²) >= 11 is 0. The molecule has 1 heterocycles. The van der Waals surface area contributed by atoms with Crippen LogP contribution in [0.3, 0.4) is 0 Å². The molecule has 0 aliphatic carbocycles. The van der Waals surface area contributed by atoms with Gasteiger partial charge in [0.1, 0.15) is 11.6 Å². The van der Waals surface area contributed by atoms with E-state index in [0.29, 0.717) is 11.3 Å². The third kappa shape index (κ3) is 2.49. The van der Waals surface area contributed by atoms with Crippen LogP contribution in [0.5, 0.6) is 5.88 Å². The molecular formula is C16H16N4O2. The molecule has 2 rings (SSSR count). The van der Waals surface area contributed by atoms with Crippen molar-refractivity contribution in [1.82, 2.24) is 4.57 Å². The predicted molar refractivity (Wildman–Crippen MR) is 82.9 cm³/mol. The van der Waals surface area contributed by atoms with Gasteiger partial charge in [-0.3, -0.25) is 9.36 Å². The average molecular weight is 296 g/mol. The van der Waals surface area contributed by atoms with E-state index in [1.54, 1.807) is 6.92 Å². The molecule has 6 heteroatoms. The van der Waals surface area contributed by atoms with E-state index in [9.17, 15) is 9.90 Å². The fraction of sp³-hybridized carbons (Fsp3) is 0.250. The topological polar surface area (TPSA) is 90.7 Å². The smallest absolute Gasteiger partial charge is 0.281 e. The van der Waals surface area contributed by atoms with Crippen LogP contribution >= 0.6 is 0 Å². The number of rotatable bonds is 2. The van der Waals surface area contributed by atoms with Crippen molar-refractivity contribution in [3.63, 3.8) is 0 Å². The van der Waals surface area contributed by atoms with E-state index in [0.717, 1.165) is 15.7 Å². The van der Waals surface area contributed by atoms with Crippen LogP contribution in [0.2, 0.25) is 0 Å². The van der Waals surface area contributed by atoms with Gasteiger partial charge >= 0.3 is 0 Å². The van der Waals surface area contributed by atoms with Crippen LogP contribution in [-0.4, -0.2) is 9.67 Å². The van der Waals surface area contributed by atoms with Gasteiger partial charge in [0, 0.05) is 12.6 Å². The molecule has 1 aromatic heterocycles. The van der Waals surface area contributed by atoms with Crippen LogP contribution in [0, 0.1) is 32.1 Å². The maximum atomic E-state index is 12.2. The van der Waals surface area contributed by atoms with E-state index in [1.165, 1.54) is 7.05 Å². The standard InChI is InChI=1S/C16H16N4O2/c1-9-6-5-7-10(2)13(9)18-19-14-11(3)12(8-17)15(21)20(4)16(14)22/h5-7,21H,1-4H3. The van der Waals surface area contributed by atoms with Crippen molar-refractivity contribution in [3.05, 3.63) is 50.8 Å². The van der Waals surface area contributed by atoms with Gasteiger partial charge in [0.15, 0.2) is 5.69 Å². The Balaban J connectivity index is 2.65. The van der Waals surface area contributed by atoms with Gasteiger partial charge in [0.25, 0.3) is 5.56 Å². The molecule has 6 nitrogen and oxygen atoms in total. The van der Waals surface area contributed by atoms with Crippen LogP contribution in [0.4, 0.5) is 11.4 Å². The van der Waals surface area contributed by atoms with Crippen molar-refractivity contribution in [2.75, 3.05) is 0 Å². The summed E-state index contributed by atoms with van der Waals surface area (Å²) in [5, 5.41) is 27.1. The molecule has 0 saturated heterocycles. The molecule has 0 unspecified atom stereocenters. The summed E-state index contributed by atoms with van der Waals surface area (Å²) in [5.74, 6) is -0.365. The Morgan fingerprint density at radius 3 is 2.23 bits per heavy atom. The molecule has 22 heavy (non-hydrogen) atoms. The Kier molecular flexibility index (Phi) is 4.08. The predicted octanol–water partition coefficient (Wildman–Crippen LogP) is 3.30. The van der Waals surface area contributed by atoms with Gasteiger partial charge in [-0.15, -0.1) is 10.2 Å². The highest BCUT2D eigenvalue weighted by atomic mass is 16.3. The Labute approximate surface area is 128 Å². The lowest BCUT2D eigenvalue weighted by molar-refractivity contribution is 0.421. The first-order chi connectivity index (χ1) is 10.4. The van der Waals surface area contributed by atoms with Crippen LogP contribution in [0.25, 0.3) is 0 Å². The van der Waals surface area contributed by atoms with Crippen LogP contribution in [0.1, 0.15) is 22.3 Å². The van der Waals surface area contributed by atoms with Crippen molar-refractivity contribution < 1.29 is 5.11 Å². The summed E-state index contributed by atoms with van der Waals surface area (Å²) in [5.41, 5.74) is 2.48. The van der Waals surface area contributed by atoms with Gasteiger partial charge in [-0.1, -0.05) is 18.2 Å². The summed E-state index contributed by atoms with van der Waals surface area (Å²) in [6, 6.07) is 7.61. The molecule has 0 aliphatic rings. The number of hydrogen-bond acceptors (Lipinski definition) is 5. The fourth-order valence-electron chi connectivity index (χ4n) is 2.18. The molecule has 0 saturated carbocycles. The van der Waals surface area contributed by atoms with Crippen molar-refractivity contribution >= 4 is 11.4 Å². The number of azo groups is 1. The normalized spacial score (nSPS) is 10.9. The molecule has 0 aliphatic heterocycles. The number of nitriles is 1. The van der Waals surface area contributed by atoms with Gasteiger partial charge in [-0.05, 0) is 31.9 Å². The first-order valence-electron chi connectivity index (χ1n) is 6.69. The molecule has 0 bridgehead atoms. The molecule has 0 amide bonds.